The number of benzene rings is 2. The molecule has 1 aliphatic heterocycles. The predicted octanol–water partition coefficient (Wildman–Crippen LogP) is 5.24. The predicted molar refractivity (Wildman–Crippen MR) is 132 cm³/mol. The second-order valence-electron chi connectivity index (χ2n) is 10.5. The van der Waals surface area contributed by atoms with Crippen LogP contribution in [0.4, 0.5) is 0 Å². The van der Waals surface area contributed by atoms with E-state index in [1.165, 1.54) is 12.0 Å². The third kappa shape index (κ3) is 5.85. The Kier molecular flexibility index (Phi) is 7.87. The van der Waals surface area contributed by atoms with E-state index < -0.39 is 11.6 Å². The van der Waals surface area contributed by atoms with Crippen LogP contribution in [-0.2, 0) is 21.6 Å². The van der Waals surface area contributed by atoms with Crippen molar-refractivity contribution in [2.75, 3.05) is 26.7 Å². The second-order valence-corrected chi connectivity index (χ2v) is 10.5. The highest BCUT2D eigenvalue weighted by atomic mass is 16.6. The van der Waals surface area contributed by atoms with Gasteiger partial charge in [-0.3, -0.25) is 0 Å². The lowest BCUT2D eigenvalue weighted by atomic mass is 9.73. The van der Waals surface area contributed by atoms with Crippen LogP contribution in [0, 0.1) is 5.92 Å². The maximum absolute atomic E-state index is 13.6. The summed E-state index contributed by atoms with van der Waals surface area (Å²) >= 11 is 0. The number of esters is 1. The second kappa shape index (κ2) is 10.8. The molecule has 2 unspecified atom stereocenters. The first kappa shape index (κ1) is 24.0. The van der Waals surface area contributed by atoms with E-state index in [4.69, 9.17) is 4.74 Å². The van der Waals surface area contributed by atoms with E-state index in [0.717, 1.165) is 75.5 Å². The van der Waals surface area contributed by atoms with Crippen molar-refractivity contribution in [2.45, 2.75) is 69.5 Å². The van der Waals surface area contributed by atoms with Gasteiger partial charge < -0.3 is 14.3 Å². The van der Waals surface area contributed by atoms with Gasteiger partial charge in [-0.15, -0.1) is 0 Å². The van der Waals surface area contributed by atoms with E-state index in [2.05, 4.69) is 37.4 Å². The number of likely N-dealkylation sites (tertiary alicyclic amines) is 1. The van der Waals surface area contributed by atoms with E-state index in [1.807, 2.05) is 30.3 Å². The quantitative estimate of drug-likeness (QED) is 0.442. The van der Waals surface area contributed by atoms with Crippen LogP contribution < -0.4 is 0 Å². The number of carbonyl (C=O) groups excluding carboxylic acids is 1. The van der Waals surface area contributed by atoms with Crippen LogP contribution >= 0.6 is 0 Å². The van der Waals surface area contributed by atoms with Crippen LogP contribution in [-0.4, -0.2) is 48.3 Å². The Morgan fingerprint density at radius 3 is 2.33 bits per heavy atom. The molecule has 0 bridgehead atoms. The number of hydrogen-bond acceptors (Lipinski definition) is 3. The van der Waals surface area contributed by atoms with Crippen molar-refractivity contribution >= 4 is 5.97 Å². The summed E-state index contributed by atoms with van der Waals surface area (Å²) in [6.45, 7) is 3.03. The van der Waals surface area contributed by atoms with E-state index in [-0.39, 0.29) is 12.0 Å². The first-order valence-electron chi connectivity index (χ1n) is 12.9. The maximum atomic E-state index is 13.6. The van der Waals surface area contributed by atoms with Crippen molar-refractivity contribution in [1.29, 1.82) is 0 Å². The molecule has 2 fully saturated rings. The highest BCUT2D eigenvalue weighted by Gasteiger charge is 2.48. The molecule has 1 saturated heterocycles. The van der Waals surface area contributed by atoms with Gasteiger partial charge in [0.2, 0.25) is 0 Å². The van der Waals surface area contributed by atoms with Crippen LogP contribution in [0.3, 0.4) is 0 Å². The molecule has 2 aromatic rings. The van der Waals surface area contributed by atoms with Gasteiger partial charge in [-0.2, -0.15) is 0 Å². The summed E-state index contributed by atoms with van der Waals surface area (Å²) in [6, 6.07) is 20.1. The molecular weight excluding hydrogens is 410 g/mol. The molecule has 0 amide bonds. The molecule has 3 atom stereocenters. The van der Waals surface area contributed by atoms with Gasteiger partial charge in [0.15, 0.2) is 11.7 Å². The smallest absolute Gasteiger partial charge is 0.343 e. The first-order chi connectivity index (χ1) is 16.0. The number of carbonyl (C=O) groups is 1. The van der Waals surface area contributed by atoms with Crippen molar-refractivity contribution in [2.24, 2.45) is 5.92 Å². The molecule has 4 heteroatoms. The van der Waals surface area contributed by atoms with Crippen LogP contribution in [0.5, 0.6) is 0 Å². The van der Waals surface area contributed by atoms with Gasteiger partial charge in [0.25, 0.3) is 0 Å². The van der Waals surface area contributed by atoms with Gasteiger partial charge in [0, 0.05) is 18.8 Å². The van der Waals surface area contributed by atoms with Crippen molar-refractivity contribution in [1.82, 2.24) is 0 Å². The summed E-state index contributed by atoms with van der Waals surface area (Å²) in [4.78, 5) is 13.6. The fourth-order valence-corrected chi connectivity index (χ4v) is 5.96. The van der Waals surface area contributed by atoms with Crippen LogP contribution in [0.25, 0.3) is 0 Å². The molecule has 1 heterocycles. The Labute approximate surface area is 199 Å². The third-order valence-corrected chi connectivity index (χ3v) is 7.87. The Bertz CT molecular complexity index is 880. The number of quaternary nitrogens is 1. The third-order valence-electron chi connectivity index (χ3n) is 7.87. The van der Waals surface area contributed by atoms with E-state index >= 15 is 0 Å². The summed E-state index contributed by atoms with van der Waals surface area (Å²) in [5.74, 6) is -0.514. The molecule has 33 heavy (non-hydrogen) atoms. The topological polar surface area (TPSA) is 46.5 Å². The number of aliphatic hydroxyl groups is 1. The van der Waals surface area contributed by atoms with Gasteiger partial charge in [0.05, 0.1) is 20.1 Å². The zero-order valence-electron chi connectivity index (χ0n) is 20.1. The number of likely N-dealkylation sites (N-methyl/N-ethyl adjacent to an activating group) is 1. The molecular formula is C29H40NO3+. The Hall–Kier alpha value is -2.17. The molecule has 0 spiro atoms. The average molecular weight is 451 g/mol. The number of ether oxygens (including phenoxy) is 1. The van der Waals surface area contributed by atoms with Crippen molar-refractivity contribution in [3.05, 3.63) is 71.8 Å². The highest BCUT2D eigenvalue weighted by Crippen LogP contribution is 2.41. The molecule has 1 saturated carbocycles. The van der Waals surface area contributed by atoms with Crippen molar-refractivity contribution < 1.29 is 19.1 Å². The Morgan fingerprint density at radius 2 is 1.64 bits per heavy atom. The number of rotatable bonds is 8. The van der Waals surface area contributed by atoms with Crippen molar-refractivity contribution in [3.63, 3.8) is 0 Å². The van der Waals surface area contributed by atoms with Gasteiger partial charge in [-0.1, -0.05) is 79.9 Å². The average Bonchev–Trinajstić information content (AvgIpc) is 2.85. The van der Waals surface area contributed by atoms with E-state index in [0.29, 0.717) is 5.56 Å². The maximum Gasteiger partial charge on any atom is 0.343 e. The summed E-state index contributed by atoms with van der Waals surface area (Å²) in [6.07, 6.45) is 9.05. The van der Waals surface area contributed by atoms with Gasteiger partial charge in [-0.05, 0) is 36.8 Å². The molecule has 2 aliphatic rings. The fraction of sp³-hybridized carbons (Fsp3) is 0.552. The zero-order valence-corrected chi connectivity index (χ0v) is 20.1. The lowest BCUT2D eigenvalue weighted by molar-refractivity contribution is -0.917. The number of hydrogen-bond donors (Lipinski definition) is 1. The van der Waals surface area contributed by atoms with Gasteiger partial charge >= 0.3 is 5.97 Å². The summed E-state index contributed by atoms with van der Waals surface area (Å²) in [7, 11) is 2.29. The molecule has 178 valence electrons. The minimum atomic E-state index is -1.55. The van der Waals surface area contributed by atoms with Gasteiger partial charge in [-0.25, -0.2) is 4.79 Å². The first-order valence-corrected chi connectivity index (χ1v) is 12.9. The highest BCUT2D eigenvalue weighted by molar-refractivity contribution is 5.81. The van der Waals surface area contributed by atoms with Crippen LogP contribution in [0.2, 0.25) is 0 Å². The zero-order chi connectivity index (χ0) is 23.2. The number of aryl methyl sites for hydroxylation is 1. The molecule has 2 aromatic carbocycles. The molecule has 0 aromatic heterocycles. The van der Waals surface area contributed by atoms with Crippen LogP contribution in [0.15, 0.2) is 60.7 Å². The number of nitrogens with zero attached hydrogens (tertiary/aromatic N) is 1. The molecule has 0 radical (unpaired) electrons. The van der Waals surface area contributed by atoms with E-state index in [1.54, 1.807) is 0 Å². The van der Waals surface area contributed by atoms with Crippen LogP contribution in [0.1, 0.15) is 62.5 Å². The largest absolute Gasteiger partial charge is 0.454 e. The lowest BCUT2D eigenvalue weighted by Gasteiger charge is -2.42. The van der Waals surface area contributed by atoms with E-state index in [9.17, 15) is 9.90 Å². The SMILES string of the molecule is C[N+]1(CCCc2ccccc2)CCC[C@@H](OC(=O)C(O)(c2ccccc2)C2CCCCC2)C1. The fourth-order valence-electron chi connectivity index (χ4n) is 5.96. The molecule has 1 N–H and O–H groups in total. The Morgan fingerprint density at radius 1 is 0.970 bits per heavy atom. The Balaban J connectivity index is 1.41. The molecule has 1 aliphatic carbocycles. The number of piperidine rings is 1. The summed E-state index contributed by atoms with van der Waals surface area (Å²) in [5.41, 5.74) is 0.512. The summed E-state index contributed by atoms with van der Waals surface area (Å²) < 4.78 is 7.05. The minimum absolute atomic E-state index is 0.0727. The van der Waals surface area contributed by atoms with Gasteiger partial charge in [0.1, 0.15) is 6.54 Å². The lowest BCUT2D eigenvalue weighted by Crippen LogP contribution is -2.55. The minimum Gasteiger partial charge on any atom is -0.454 e. The standard InChI is InChI=1S/C29H40NO3/c1-30(21-11-15-24-13-5-2-6-14-24)22-12-20-27(23-30)33-28(31)29(32,25-16-7-3-8-17-25)26-18-9-4-10-19-26/h2-3,5-8,13-14,16-17,26-27,32H,4,9-12,15,18-23H2,1H3/q+1/t27-,29?,30?/m1/s1. The summed E-state index contributed by atoms with van der Waals surface area (Å²) in [5, 5.41) is 11.8. The molecule has 4 rings (SSSR count). The normalized spacial score (nSPS) is 25.8. The molecule has 4 nitrogen and oxygen atoms in total. The van der Waals surface area contributed by atoms with Crippen molar-refractivity contribution in [3.8, 4) is 0 Å². The monoisotopic (exact) mass is 450 g/mol.